The molecule has 30 heavy (non-hydrogen) atoms. The second-order valence-electron chi connectivity index (χ2n) is 7.64. The zero-order valence-corrected chi connectivity index (χ0v) is 17.4. The number of hydrogen-bond donors (Lipinski definition) is 2. The molecular weight excluding hydrogens is 378 g/mol. The van der Waals surface area contributed by atoms with Gasteiger partial charge in [0.2, 0.25) is 5.91 Å². The second kappa shape index (κ2) is 8.94. The average Bonchev–Trinajstić information content (AvgIpc) is 3.20. The summed E-state index contributed by atoms with van der Waals surface area (Å²) in [4.78, 5) is 14.8. The molecule has 1 fully saturated rings. The first-order valence-corrected chi connectivity index (χ1v) is 10.3. The third kappa shape index (κ3) is 4.59. The molecule has 1 saturated heterocycles. The van der Waals surface area contributed by atoms with Crippen LogP contribution in [0.5, 0.6) is 0 Å². The maximum atomic E-state index is 12.4. The third-order valence-electron chi connectivity index (χ3n) is 5.39. The number of hydrogen-bond acceptors (Lipinski definition) is 6. The van der Waals surface area contributed by atoms with Crippen molar-refractivity contribution in [2.24, 2.45) is 0 Å². The normalized spacial score (nSPS) is 13.9. The monoisotopic (exact) mass is 405 g/mol. The fourth-order valence-electron chi connectivity index (χ4n) is 3.70. The molecule has 4 rings (SSSR count). The van der Waals surface area contributed by atoms with Gasteiger partial charge in [-0.25, -0.2) is 0 Å². The first-order valence-electron chi connectivity index (χ1n) is 10.3. The Balaban J connectivity index is 1.34. The quantitative estimate of drug-likeness (QED) is 0.654. The molecule has 0 atom stereocenters. The Labute approximate surface area is 176 Å². The molecule has 0 radical (unpaired) electrons. The summed E-state index contributed by atoms with van der Waals surface area (Å²) < 4.78 is 1.68. The van der Waals surface area contributed by atoms with E-state index in [2.05, 4.69) is 43.2 Å². The van der Waals surface area contributed by atoms with Gasteiger partial charge in [-0.1, -0.05) is 6.07 Å². The van der Waals surface area contributed by atoms with Crippen LogP contribution in [0.15, 0.2) is 42.5 Å². The number of nitrogens with zero attached hydrogens (tertiary/aromatic N) is 5. The topological polar surface area (TPSA) is 88.0 Å². The molecule has 2 N–H and O–H groups in total. The summed E-state index contributed by atoms with van der Waals surface area (Å²) in [5.74, 6) is 0.613. The zero-order chi connectivity index (χ0) is 20.9. The number of amides is 1. The van der Waals surface area contributed by atoms with Crippen LogP contribution in [0.2, 0.25) is 0 Å². The minimum Gasteiger partial charge on any atom is -0.376 e. The van der Waals surface area contributed by atoms with Crippen LogP contribution in [-0.2, 0) is 4.79 Å². The summed E-state index contributed by atoms with van der Waals surface area (Å²) in [7, 11) is 0. The number of benzene rings is 2. The molecule has 1 aromatic heterocycles. The molecule has 156 valence electrons. The van der Waals surface area contributed by atoms with Gasteiger partial charge in [-0.05, 0) is 85.5 Å². The van der Waals surface area contributed by atoms with E-state index in [1.54, 1.807) is 4.68 Å². The van der Waals surface area contributed by atoms with Gasteiger partial charge in [0, 0.05) is 30.2 Å². The van der Waals surface area contributed by atoms with Crippen molar-refractivity contribution in [3.05, 3.63) is 53.9 Å². The molecule has 1 aliphatic rings. The molecule has 0 saturated carbocycles. The Bertz CT molecular complexity index is 1010. The Kier molecular flexibility index (Phi) is 5.92. The molecule has 3 aromatic rings. The number of rotatable bonds is 6. The molecule has 0 bridgehead atoms. The van der Waals surface area contributed by atoms with Crippen molar-refractivity contribution in [2.75, 3.05) is 35.2 Å². The van der Waals surface area contributed by atoms with Gasteiger partial charge in [-0.2, -0.15) is 4.68 Å². The summed E-state index contributed by atoms with van der Waals surface area (Å²) >= 11 is 0. The van der Waals surface area contributed by atoms with Crippen molar-refractivity contribution >= 4 is 23.0 Å². The summed E-state index contributed by atoms with van der Waals surface area (Å²) in [5.41, 5.74) is 4.79. The number of carbonyl (C=O) groups is 1. The van der Waals surface area contributed by atoms with Crippen LogP contribution < -0.4 is 15.5 Å². The van der Waals surface area contributed by atoms with Gasteiger partial charge in [-0.15, -0.1) is 5.10 Å². The lowest BCUT2D eigenvalue weighted by Crippen LogP contribution is -2.29. The lowest BCUT2D eigenvalue weighted by atomic mass is 10.1. The highest BCUT2D eigenvalue weighted by Gasteiger charge is 2.11. The number of nitrogens with one attached hydrogen (secondary N) is 2. The van der Waals surface area contributed by atoms with Crippen LogP contribution in [0.3, 0.4) is 0 Å². The molecule has 0 spiro atoms. The van der Waals surface area contributed by atoms with E-state index in [-0.39, 0.29) is 12.5 Å². The maximum absolute atomic E-state index is 12.4. The Morgan fingerprint density at radius 1 is 1.00 bits per heavy atom. The maximum Gasteiger partial charge on any atom is 0.243 e. The Hall–Kier alpha value is -3.42. The van der Waals surface area contributed by atoms with Crippen molar-refractivity contribution in [1.82, 2.24) is 20.2 Å². The van der Waals surface area contributed by atoms with Gasteiger partial charge in [0.25, 0.3) is 0 Å². The molecule has 0 aliphatic carbocycles. The van der Waals surface area contributed by atoms with E-state index in [1.807, 2.05) is 44.2 Å². The minimum atomic E-state index is -0.0959. The number of piperidine rings is 1. The molecule has 0 unspecified atom stereocenters. The standard InChI is InChI=1S/C22H27N7O/c1-16-6-7-19(14-21(16)29-17(2)25-26-27-29)23-15-22(30)24-18-8-10-20(11-9-18)28-12-4-3-5-13-28/h6-11,14,23H,3-5,12-13,15H2,1-2H3,(H,24,30). The van der Waals surface area contributed by atoms with Crippen LogP contribution in [-0.4, -0.2) is 45.7 Å². The smallest absolute Gasteiger partial charge is 0.243 e. The van der Waals surface area contributed by atoms with E-state index in [1.165, 1.54) is 24.9 Å². The molecule has 2 heterocycles. The number of carbonyl (C=O) groups excluding carboxylic acids is 1. The van der Waals surface area contributed by atoms with Crippen LogP contribution in [0.1, 0.15) is 30.7 Å². The van der Waals surface area contributed by atoms with Crippen molar-refractivity contribution in [1.29, 1.82) is 0 Å². The summed E-state index contributed by atoms with van der Waals surface area (Å²) in [6, 6.07) is 14.0. The summed E-state index contributed by atoms with van der Waals surface area (Å²) in [6.45, 7) is 6.24. The predicted molar refractivity (Wildman–Crippen MR) is 118 cm³/mol. The predicted octanol–water partition coefficient (Wildman–Crippen LogP) is 3.32. The fraction of sp³-hybridized carbons (Fsp3) is 0.364. The fourth-order valence-corrected chi connectivity index (χ4v) is 3.70. The minimum absolute atomic E-state index is 0.0959. The molecule has 1 amide bonds. The van der Waals surface area contributed by atoms with Gasteiger partial charge in [0.1, 0.15) is 0 Å². The lowest BCUT2D eigenvalue weighted by Gasteiger charge is -2.28. The van der Waals surface area contributed by atoms with Gasteiger partial charge in [-0.3, -0.25) is 4.79 Å². The van der Waals surface area contributed by atoms with Crippen molar-refractivity contribution in [3.8, 4) is 5.69 Å². The summed E-state index contributed by atoms with van der Waals surface area (Å²) in [6.07, 6.45) is 3.81. The number of anilines is 3. The van der Waals surface area contributed by atoms with E-state index in [4.69, 9.17) is 0 Å². The first kappa shape index (κ1) is 19.9. The Morgan fingerprint density at radius 2 is 1.73 bits per heavy atom. The van der Waals surface area contributed by atoms with E-state index >= 15 is 0 Å². The number of aromatic nitrogens is 4. The van der Waals surface area contributed by atoms with Gasteiger partial charge < -0.3 is 15.5 Å². The first-order chi connectivity index (χ1) is 14.6. The van der Waals surface area contributed by atoms with Crippen LogP contribution >= 0.6 is 0 Å². The van der Waals surface area contributed by atoms with E-state index in [0.717, 1.165) is 35.7 Å². The number of aryl methyl sites for hydroxylation is 2. The van der Waals surface area contributed by atoms with Gasteiger partial charge in [0.15, 0.2) is 5.82 Å². The largest absolute Gasteiger partial charge is 0.376 e. The lowest BCUT2D eigenvalue weighted by molar-refractivity contribution is -0.114. The molecule has 8 nitrogen and oxygen atoms in total. The number of tetrazole rings is 1. The van der Waals surface area contributed by atoms with Gasteiger partial charge >= 0.3 is 0 Å². The van der Waals surface area contributed by atoms with Crippen LogP contribution in [0, 0.1) is 13.8 Å². The van der Waals surface area contributed by atoms with Crippen molar-refractivity contribution < 1.29 is 4.79 Å². The molecule has 8 heteroatoms. The third-order valence-corrected chi connectivity index (χ3v) is 5.39. The van der Waals surface area contributed by atoms with Crippen molar-refractivity contribution in [3.63, 3.8) is 0 Å². The highest BCUT2D eigenvalue weighted by atomic mass is 16.1. The molecular formula is C22H27N7O. The van der Waals surface area contributed by atoms with E-state index in [9.17, 15) is 4.79 Å². The average molecular weight is 406 g/mol. The highest BCUT2D eigenvalue weighted by molar-refractivity contribution is 5.94. The molecule has 1 aliphatic heterocycles. The van der Waals surface area contributed by atoms with E-state index < -0.39 is 0 Å². The highest BCUT2D eigenvalue weighted by Crippen LogP contribution is 2.22. The van der Waals surface area contributed by atoms with E-state index in [0.29, 0.717) is 5.82 Å². The van der Waals surface area contributed by atoms with Crippen molar-refractivity contribution in [2.45, 2.75) is 33.1 Å². The Morgan fingerprint density at radius 3 is 2.43 bits per heavy atom. The van der Waals surface area contributed by atoms with Gasteiger partial charge in [0.05, 0.1) is 12.2 Å². The zero-order valence-electron chi connectivity index (χ0n) is 17.4. The SMILES string of the molecule is Cc1ccc(NCC(=O)Nc2ccc(N3CCCCC3)cc2)cc1-n1nnnc1C. The summed E-state index contributed by atoms with van der Waals surface area (Å²) in [5, 5.41) is 17.8. The second-order valence-corrected chi connectivity index (χ2v) is 7.64. The van der Waals surface area contributed by atoms with Crippen LogP contribution in [0.25, 0.3) is 5.69 Å². The van der Waals surface area contributed by atoms with Crippen LogP contribution in [0.4, 0.5) is 17.1 Å². The molecule has 2 aromatic carbocycles.